The van der Waals surface area contributed by atoms with Crippen LogP contribution >= 0.6 is 0 Å². The predicted octanol–water partition coefficient (Wildman–Crippen LogP) is 2.92. The molecule has 104 valence electrons. The van der Waals surface area contributed by atoms with E-state index >= 15 is 0 Å². The molecule has 0 unspecified atom stereocenters. The first-order chi connectivity index (χ1) is 9.47. The average Bonchev–Trinajstić information content (AvgIpc) is 2.37. The Morgan fingerprint density at radius 1 is 1.25 bits per heavy atom. The van der Waals surface area contributed by atoms with Crippen molar-refractivity contribution in [3.05, 3.63) is 57.2 Å². The van der Waals surface area contributed by atoms with Crippen molar-refractivity contribution in [3.8, 4) is 0 Å². The van der Waals surface area contributed by atoms with Crippen LogP contribution in [0.5, 0.6) is 0 Å². The van der Waals surface area contributed by atoms with Gasteiger partial charge in [0.25, 0.3) is 5.69 Å². The number of hydrogen-bond donors (Lipinski definition) is 1. The maximum atomic E-state index is 11.0. The number of benzene rings is 1. The molecule has 0 amide bonds. The molecule has 1 heterocycles. The van der Waals surface area contributed by atoms with E-state index in [-0.39, 0.29) is 10.6 Å². The van der Waals surface area contributed by atoms with Gasteiger partial charge in [-0.05, 0) is 38.5 Å². The van der Waals surface area contributed by atoms with E-state index in [0.717, 1.165) is 16.9 Å². The van der Waals surface area contributed by atoms with Crippen LogP contribution in [0.4, 0.5) is 11.4 Å². The van der Waals surface area contributed by atoms with Gasteiger partial charge < -0.3 is 5.32 Å². The van der Waals surface area contributed by atoms with E-state index in [0.29, 0.717) is 17.9 Å². The van der Waals surface area contributed by atoms with Crippen LogP contribution in [-0.4, -0.2) is 14.9 Å². The second kappa shape index (κ2) is 5.64. The SMILES string of the molecule is Cc1nccc(CNc2cc([N+](=O)[O-])c(C)cc2C)n1. The second-order valence-corrected chi connectivity index (χ2v) is 4.66. The standard InChI is InChI=1S/C14H16N4O2/c1-9-6-10(2)14(18(19)20)7-13(9)16-8-12-4-5-15-11(3)17-12/h4-7,16H,8H2,1-3H3. The second-order valence-electron chi connectivity index (χ2n) is 4.66. The number of aromatic nitrogens is 2. The summed E-state index contributed by atoms with van der Waals surface area (Å²) in [5.41, 5.74) is 3.35. The minimum Gasteiger partial charge on any atom is -0.379 e. The lowest BCUT2D eigenvalue weighted by Gasteiger charge is -2.10. The summed E-state index contributed by atoms with van der Waals surface area (Å²) < 4.78 is 0. The molecule has 2 rings (SSSR count). The normalized spacial score (nSPS) is 10.3. The molecule has 0 aliphatic heterocycles. The summed E-state index contributed by atoms with van der Waals surface area (Å²) in [4.78, 5) is 18.9. The Morgan fingerprint density at radius 2 is 2.00 bits per heavy atom. The zero-order valence-electron chi connectivity index (χ0n) is 11.7. The lowest BCUT2D eigenvalue weighted by molar-refractivity contribution is -0.385. The van der Waals surface area contributed by atoms with Gasteiger partial charge in [-0.15, -0.1) is 0 Å². The Balaban J connectivity index is 2.21. The van der Waals surface area contributed by atoms with Gasteiger partial charge in [-0.1, -0.05) is 0 Å². The van der Waals surface area contributed by atoms with E-state index < -0.39 is 0 Å². The molecular weight excluding hydrogens is 256 g/mol. The minimum atomic E-state index is -0.366. The van der Waals surface area contributed by atoms with Crippen LogP contribution in [0.2, 0.25) is 0 Å². The Bertz CT molecular complexity index is 656. The van der Waals surface area contributed by atoms with Crippen molar-refractivity contribution in [2.75, 3.05) is 5.32 Å². The molecule has 0 aliphatic rings. The zero-order chi connectivity index (χ0) is 14.7. The molecule has 6 nitrogen and oxygen atoms in total. The van der Waals surface area contributed by atoms with E-state index in [1.807, 2.05) is 26.0 Å². The van der Waals surface area contributed by atoms with Gasteiger partial charge in [-0.3, -0.25) is 10.1 Å². The van der Waals surface area contributed by atoms with Crippen LogP contribution in [0.3, 0.4) is 0 Å². The first-order valence-corrected chi connectivity index (χ1v) is 6.25. The van der Waals surface area contributed by atoms with Crippen molar-refractivity contribution < 1.29 is 4.92 Å². The van der Waals surface area contributed by atoms with Gasteiger partial charge in [0.05, 0.1) is 17.2 Å². The monoisotopic (exact) mass is 272 g/mol. The van der Waals surface area contributed by atoms with Gasteiger partial charge >= 0.3 is 0 Å². The fourth-order valence-corrected chi connectivity index (χ4v) is 2.02. The Hall–Kier alpha value is -2.50. The molecule has 0 radical (unpaired) electrons. The van der Waals surface area contributed by atoms with Crippen molar-refractivity contribution in [3.63, 3.8) is 0 Å². The molecule has 0 saturated carbocycles. The number of aryl methyl sites for hydroxylation is 3. The van der Waals surface area contributed by atoms with Crippen molar-refractivity contribution in [1.82, 2.24) is 9.97 Å². The number of nitrogens with zero attached hydrogens (tertiary/aromatic N) is 3. The maximum Gasteiger partial charge on any atom is 0.274 e. The van der Waals surface area contributed by atoms with Crippen LogP contribution in [0.15, 0.2) is 24.4 Å². The summed E-state index contributed by atoms with van der Waals surface area (Å²) >= 11 is 0. The number of anilines is 1. The van der Waals surface area contributed by atoms with Crippen molar-refractivity contribution in [1.29, 1.82) is 0 Å². The Morgan fingerprint density at radius 3 is 2.65 bits per heavy atom. The van der Waals surface area contributed by atoms with E-state index in [2.05, 4.69) is 15.3 Å². The first kappa shape index (κ1) is 13.9. The molecule has 1 aromatic carbocycles. The first-order valence-electron chi connectivity index (χ1n) is 6.25. The quantitative estimate of drug-likeness (QED) is 0.683. The van der Waals surface area contributed by atoms with Crippen LogP contribution in [0, 0.1) is 30.9 Å². The van der Waals surface area contributed by atoms with E-state index in [1.54, 1.807) is 19.2 Å². The molecule has 0 saturated heterocycles. The van der Waals surface area contributed by atoms with Gasteiger partial charge in [0.2, 0.25) is 0 Å². The fraction of sp³-hybridized carbons (Fsp3) is 0.286. The number of nitro groups is 1. The lowest BCUT2D eigenvalue weighted by Crippen LogP contribution is -2.05. The third-order valence-corrected chi connectivity index (χ3v) is 3.03. The highest BCUT2D eigenvalue weighted by Crippen LogP contribution is 2.26. The van der Waals surface area contributed by atoms with E-state index in [4.69, 9.17) is 0 Å². The van der Waals surface area contributed by atoms with Gasteiger partial charge in [0.15, 0.2) is 0 Å². The number of nitro benzene ring substituents is 1. The summed E-state index contributed by atoms with van der Waals surface area (Å²) in [6.45, 7) is 5.99. The maximum absolute atomic E-state index is 11.0. The molecule has 2 aromatic rings. The van der Waals surface area contributed by atoms with E-state index in [9.17, 15) is 10.1 Å². The molecule has 20 heavy (non-hydrogen) atoms. The van der Waals surface area contributed by atoms with Crippen molar-refractivity contribution >= 4 is 11.4 Å². The van der Waals surface area contributed by atoms with E-state index in [1.165, 1.54) is 0 Å². The molecule has 0 aliphatic carbocycles. The molecule has 0 bridgehead atoms. The molecule has 0 atom stereocenters. The molecule has 1 N–H and O–H groups in total. The topological polar surface area (TPSA) is 81.0 Å². The summed E-state index contributed by atoms with van der Waals surface area (Å²) in [5, 5.41) is 14.1. The fourth-order valence-electron chi connectivity index (χ4n) is 2.02. The molecule has 0 spiro atoms. The zero-order valence-corrected chi connectivity index (χ0v) is 11.7. The summed E-state index contributed by atoms with van der Waals surface area (Å²) in [6.07, 6.45) is 1.70. The van der Waals surface area contributed by atoms with Gasteiger partial charge in [-0.2, -0.15) is 0 Å². The highest BCUT2D eigenvalue weighted by molar-refractivity contribution is 5.60. The van der Waals surface area contributed by atoms with Crippen molar-refractivity contribution in [2.45, 2.75) is 27.3 Å². The van der Waals surface area contributed by atoms with Crippen LogP contribution in [0.25, 0.3) is 0 Å². The summed E-state index contributed by atoms with van der Waals surface area (Å²) in [7, 11) is 0. The van der Waals surface area contributed by atoms with Gasteiger partial charge in [0.1, 0.15) is 5.82 Å². The van der Waals surface area contributed by atoms with Crippen LogP contribution < -0.4 is 5.32 Å². The largest absolute Gasteiger partial charge is 0.379 e. The average molecular weight is 272 g/mol. The van der Waals surface area contributed by atoms with Crippen LogP contribution in [0.1, 0.15) is 22.6 Å². The Labute approximate surface area is 117 Å². The van der Waals surface area contributed by atoms with Gasteiger partial charge in [0, 0.05) is 23.5 Å². The lowest BCUT2D eigenvalue weighted by atomic mass is 10.1. The van der Waals surface area contributed by atoms with Crippen molar-refractivity contribution in [2.24, 2.45) is 0 Å². The minimum absolute atomic E-state index is 0.122. The highest BCUT2D eigenvalue weighted by atomic mass is 16.6. The Kier molecular flexibility index (Phi) is 3.93. The molecule has 0 fully saturated rings. The number of nitrogens with one attached hydrogen (secondary N) is 1. The summed E-state index contributed by atoms with van der Waals surface area (Å²) in [6, 6.07) is 5.20. The molecule has 6 heteroatoms. The van der Waals surface area contributed by atoms with Gasteiger partial charge in [-0.25, -0.2) is 9.97 Å². The molecular formula is C14H16N4O2. The molecule has 1 aromatic heterocycles. The predicted molar refractivity (Wildman–Crippen MR) is 76.7 cm³/mol. The number of rotatable bonds is 4. The highest BCUT2D eigenvalue weighted by Gasteiger charge is 2.13. The van der Waals surface area contributed by atoms with Crippen LogP contribution in [-0.2, 0) is 6.54 Å². The third kappa shape index (κ3) is 3.09. The number of hydrogen-bond acceptors (Lipinski definition) is 5. The smallest absolute Gasteiger partial charge is 0.274 e. The summed E-state index contributed by atoms with van der Waals surface area (Å²) in [5.74, 6) is 0.705. The third-order valence-electron chi connectivity index (χ3n) is 3.03.